The van der Waals surface area contributed by atoms with Crippen LogP contribution in [0.3, 0.4) is 0 Å². The minimum Gasteiger partial charge on any atom is -0.480 e. The number of rotatable bonds is 6. The molecule has 0 saturated heterocycles. The minimum atomic E-state index is -4.59. The number of nitrogens with zero attached hydrogens (tertiary/aromatic N) is 2. The summed E-state index contributed by atoms with van der Waals surface area (Å²) in [5.41, 5.74) is -1.34. The van der Waals surface area contributed by atoms with Crippen LogP contribution in [0, 0.1) is 0 Å². The van der Waals surface area contributed by atoms with Gasteiger partial charge in [0.1, 0.15) is 11.7 Å². The Morgan fingerprint density at radius 3 is 2.38 bits per heavy atom. The van der Waals surface area contributed by atoms with Crippen LogP contribution in [-0.2, 0) is 15.8 Å². The molecule has 2 amide bonds. The monoisotopic (exact) mass is 347 g/mol. The maximum absolute atomic E-state index is 12.5. The molecule has 0 bridgehead atoms. The van der Waals surface area contributed by atoms with Gasteiger partial charge in [0.15, 0.2) is 0 Å². The van der Waals surface area contributed by atoms with Crippen molar-refractivity contribution in [3.8, 4) is 0 Å². The number of hydrogen-bond acceptors (Lipinski definition) is 4. The average Bonchev–Trinajstić information content (AvgIpc) is 2.49. The Kier molecular flexibility index (Phi) is 6.27. The fourth-order valence-electron chi connectivity index (χ4n) is 1.79. The number of carbonyl (C=O) groups excluding carboxylic acids is 2. The second-order valence-electron chi connectivity index (χ2n) is 4.93. The second kappa shape index (κ2) is 7.75. The number of amides is 2. The Morgan fingerprint density at radius 2 is 1.96 bits per heavy atom. The minimum absolute atomic E-state index is 0.000667. The summed E-state index contributed by atoms with van der Waals surface area (Å²) < 4.78 is 37.5. The molecule has 0 spiro atoms. The number of pyridine rings is 1. The van der Waals surface area contributed by atoms with Crippen LogP contribution in [0.4, 0.5) is 13.2 Å². The zero-order valence-electron chi connectivity index (χ0n) is 12.9. The predicted molar refractivity (Wildman–Crippen MR) is 76.1 cm³/mol. The van der Waals surface area contributed by atoms with Crippen molar-refractivity contribution < 1.29 is 32.7 Å². The molecule has 1 unspecified atom stereocenters. The van der Waals surface area contributed by atoms with Crippen molar-refractivity contribution in [2.45, 2.75) is 26.1 Å². The third-order valence-electron chi connectivity index (χ3n) is 3.12. The van der Waals surface area contributed by atoms with Gasteiger partial charge in [-0.15, -0.1) is 0 Å². The highest BCUT2D eigenvalue weighted by atomic mass is 19.4. The van der Waals surface area contributed by atoms with Gasteiger partial charge >= 0.3 is 12.1 Å². The first kappa shape index (κ1) is 19.4. The van der Waals surface area contributed by atoms with Crippen molar-refractivity contribution in [2.24, 2.45) is 0 Å². The lowest BCUT2D eigenvalue weighted by Gasteiger charge is -2.26. The molecule has 1 atom stereocenters. The number of carboxylic acid groups (broad SMARTS) is 1. The van der Waals surface area contributed by atoms with Crippen LogP contribution in [0.1, 0.15) is 29.9 Å². The number of carboxylic acids is 1. The maximum atomic E-state index is 12.5. The molecule has 0 radical (unpaired) electrons. The van der Waals surface area contributed by atoms with Gasteiger partial charge in [-0.3, -0.25) is 14.6 Å². The van der Waals surface area contributed by atoms with Crippen molar-refractivity contribution in [1.29, 1.82) is 0 Å². The van der Waals surface area contributed by atoms with Gasteiger partial charge in [-0.25, -0.2) is 4.79 Å². The van der Waals surface area contributed by atoms with Gasteiger partial charge in [0.25, 0.3) is 5.91 Å². The predicted octanol–water partition coefficient (Wildman–Crippen LogP) is 1.15. The summed E-state index contributed by atoms with van der Waals surface area (Å²) in [7, 11) is 0. The molecule has 0 fully saturated rings. The molecule has 0 aliphatic carbocycles. The average molecular weight is 347 g/mol. The number of hydrogen-bond donors (Lipinski definition) is 2. The van der Waals surface area contributed by atoms with Crippen LogP contribution in [0.2, 0.25) is 0 Å². The SMILES string of the molecule is CC(=O)NCCN(C(=O)c1ccc(C(F)(F)F)cn1)C(C)C(=O)O. The fraction of sp³-hybridized carbons (Fsp3) is 0.429. The van der Waals surface area contributed by atoms with Crippen LogP contribution in [-0.4, -0.2) is 51.9 Å². The van der Waals surface area contributed by atoms with Gasteiger partial charge < -0.3 is 15.3 Å². The molecule has 0 aliphatic rings. The van der Waals surface area contributed by atoms with E-state index in [1.165, 1.54) is 13.8 Å². The Hall–Kier alpha value is -2.65. The Labute approximate surface area is 135 Å². The zero-order chi connectivity index (χ0) is 18.5. The highest BCUT2D eigenvalue weighted by Crippen LogP contribution is 2.28. The lowest BCUT2D eigenvalue weighted by atomic mass is 10.2. The highest BCUT2D eigenvalue weighted by molar-refractivity contribution is 5.95. The summed E-state index contributed by atoms with van der Waals surface area (Å²) in [4.78, 5) is 38.7. The summed E-state index contributed by atoms with van der Waals surface area (Å²) in [6.45, 7) is 2.37. The molecule has 24 heavy (non-hydrogen) atoms. The molecule has 1 heterocycles. The van der Waals surface area contributed by atoms with Crippen molar-refractivity contribution in [3.63, 3.8) is 0 Å². The molecular weight excluding hydrogens is 331 g/mol. The van der Waals surface area contributed by atoms with Gasteiger partial charge in [0.05, 0.1) is 5.56 Å². The van der Waals surface area contributed by atoms with E-state index in [9.17, 15) is 27.6 Å². The van der Waals surface area contributed by atoms with E-state index in [1.54, 1.807) is 0 Å². The molecule has 0 aromatic carbocycles. The first-order chi connectivity index (χ1) is 11.0. The van der Waals surface area contributed by atoms with Gasteiger partial charge in [-0.2, -0.15) is 13.2 Å². The molecule has 7 nitrogen and oxygen atoms in total. The summed E-state index contributed by atoms with van der Waals surface area (Å²) in [6, 6.07) is 0.332. The molecule has 1 rings (SSSR count). The molecule has 0 aliphatic heterocycles. The number of nitrogens with one attached hydrogen (secondary N) is 1. The number of halogens is 3. The number of aromatic nitrogens is 1. The zero-order valence-corrected chi connectivity index (χ0v) is 12.9. The van der Waals surface area contributed by atoms with Crippen molar-refractivity contribution in [1.82, 2.24) is 15.2 Å². The smallest absolute Gasteiger partial charge is 0.417 e. The first-order valence-corrected chi connectivity index (χ1v) is 6.85. The van der Waals surface area contributed by atoms with E-state index in [4.69, 9.17) is 5.11 Å². The number of carbonyl (C=O) groups is 3. The highest BCUT2D eigenvalue weighted by Gasteiger charge is 2.32. The largest absolute Gasteiger partial charge is 0.480 e. The second-order valence-corrected chi connectivity index (χ2v) is 4.93. The quantitative estimate of drug-likeness (QED) is 0.804. The van der Waals surface area contributed by atoms with Crippen LogP contribution >= 0.6 is 0 Å². The number of alkyl halides is 3. The van der Waals surface area contributed by atoms with E-state index >= 15 is 0 Å². The van der Waals surface area contributed by atoms with E-state index in [-0.39, 0.29) is 24.7 Å². The Bertz CT molecular complexity index is 617. The molecule has 1 aromatic heterocycles. The van der Waals surface area contributed by atoms with E-state index in [0.29, 0.717) is 12.3 Å². The third-order valence-corrected chi connectivity index (χ3v) is 3.12. The molecule has 0 saturated carbocycles. The molecule has 10 heteroatoms. The first-order valence-electron chi connectivity index (χ1n) is 6.85. The summed E-state index contributed by atoms with van der Waals surface area (Å²) >= 11 is 0. The van der Waals surface area contributed by atoms with Crippen LogP contribution in [0.15, 0.2) is 18.3 Å². The third kappa shape index (κ3) is 5.21. The van der Waals surface area contributed by atoms with Gasteiger partial charge in [0, 0.05) is 26.2 Å². The number of aliphatic carboxylic acids is 1. The standard InChI is InChI=1S/C14H16F3N3O4/c1-8(13(23)24)20(6-5-18-9(2)21)12(22)11-4-3-10(7-19-11)14(15,16)17/h3-4,7-8H,5-6H2,1-2H3,(H,18,21)(H,23,24). The van der Waals surface area contributed by atoms with Crippen molar-refractivity contribution >= 4 is 17.8 Å². The van der Waals surface area contributed by atoms with E-state index in [1.807, 2.05) is 0 Å². The lowest BCUT2D eigenvalue weighted by Crippen LogP contribution is -2.47. The van der Waals surface area contributed by atoms with Gasteiger partial charge in [0.2, 0.25) is 5.91 Å². The summed E-state index contributed by atoms with van der Waals surface area (Å²) in [5.74, 6) is -2.50. The Morgan fingerprint density at radius 1 is 1.33 bits per heavy atom. The maximum Gasteiger partial charge on any atom is 0.417 e. The molecule has 2 N–H and O–H groups in total. The topological polar surface area (TPSA) is 99.6 Å². The summed E-state index contributed by atoms with van der Waals surface area (Å²) in [5, 5.41) is 11.5. The van der Waals surface area contributed by atoms with Crippen molar-refractivity contribution in [2.75, 3.05) is 13.1 Å². The van der Waals surface area contributed by atoms with Gasteiger partial charge in [-0.1, -0.05) is 0 Å². The lowest BCUT2D eigenvalue weighted by molar-refractivity contribution is -0.141. The van der Waals surface area contributed by atoms with E-state index < -0.39 is 29.7 Å². The van der Waals surface area contributed by atoms with Crippen LogP contribution < -0.4 is 5.32 Å². The van der Waals surface area contributed by atoms with Crippen LogP contribution in [0.5, 0.6) is 0 Å². The molecule has 132 valence electrons. The molecule has 1 aromatic rings. The van der Waals surface area contributed by atoms with Gasteiger partial charge in [-0.05, 0) is 19.1 Å². The Balaban J connectivity index is 2.97. The fourth-order valence-corrected chi connectivity index (χ4v) is 1.79. The van der Waals surface area contributed by atoms with Crippen LogP contribution in [0.25, 0.3) is 0 Å². The summed E-state index contributed by atoms with van der Waals surface area (Å²) in [6.07, 6.45) is -4.08. The normalized spacial score (nSPS) is 12.4. The van der Waals surface area contributed by atoms with Crippen molar-refractivity contribution in [3.05, 3.63) is 29.6 Å². The molecular formula is C14H16F3N3O4. The van der Waals surface area contributed by atoms with E-state index in [0.717, 1.165) is 11.0 Å². The van der Waals surface area contributed by atoms with E-state index in [2.05, 4.69) is 10.3 Å².